The molecule has 0 aliphatic heterocycles. The molecule has 0 aromatic heterocycles. The molecule has 0 saturated heterocycles. The summed E-state index contributed by atoms with van der Waals surface area (Å²) >= 11 is 6.03. The lowest BCUT2D eigenvalue weighted by Crippen LogP contribution is -2.13. The minimum Gasteiger partial charge on any atom is -0.486 e. The van der Waals surface area contributed by atoms with E-state index in [0.29, 0.717) is 18.2 Å². The van der Waals surface area contributed by atoms with Crippen molar-refractivity contribution in [1.82, 2.24) is 0 Å². The molecule has 0 heterocycles. The van der Waals surface area contributed by atoms with Crippen molar-refractivity contribution >= 4 is 17.6 Å². The lowest BCUT2D eigenvalue weighted by molar-refractivity contribution is -0.146. The van der Waals surface area contributed by atoms with Gasteiger partial charge in [-0.1, -0.05) is 35.9 Å². The first-order valence-corrected chi connectivity index (χ1v) is 9.20. The van der Waals surface area contributed by atoms with E-state index in [1.807, 2.05) is 62.4 Å². The molecule has 5 heteroatoms. The monoisotopic (exact) mass is 376 g/mol. The Morgan fingerprint density at radius 2 is 1.77 bits per heavy atom. The minimum absolute atomic E-state index is 0.123. The Hall–Kier alpha value is -2.04. The molecule has 2 rings (SSSR count). The molecule has 26 heavy (non-hydrogen) atoms. The maximum atomic E-state index is 11.8. The molecule has 2 atom stereocenters. The lowest BCUT2D eigenvalue weighted by Gasteiger charge is -2.18. The lowest BCUT2D eigenvalue weighted by atomic mass is 10.1. The highest BCUT2D eigenvalue weighted by Gasteiger charge is 2.17. The number of ether oxygens (including phenoxy) is 3. The normalized spacial score (nSPS) is 13.1. The molecular formula is C21H25ClO4. The van der Waals surface area contributed by atoms with Gasteiger partial charge in [-0.2, -0.15) is 0 Å². The van der Waals surface area contributed by atoms with Crippen molar-refractivity contribution in [2.24, 2.45) is 0 Å². The third-order valence-electron chi connectivity index (χ3n) is 3.91. The van der Waals surface area contributed by atoms with Crippen molar-refractivity contribution < 1.29 is 19.0 Å². The van der Waals surface area contributed by atoms with E-state index < -0.39 is 0 Å². The quantitative estimate of drug-likeness (QED) is 0.541. The summed E-state index contributed by atoms with van der Waals surface area (Å²) in [5, 5.41) is 0.687. The van der Waals surface area contributed by atoms with Gasteiger partial charge in [-0.15, -0.1) is 0 Å². The van der Waals surface area contributed by atoms with Crippen LogP contribution in [0.25, 0.3) is 0 Å². The molecule has 0 aliphatic rings. The van der Waals surface area contributed by atoms with Gasteiger partial charge in [0.2, 0.25) is 0 Å². The van der Waals surface area contributed by atoms with Gasteiger partial charge in [0, 0.05) is 11.6 Å². The molecule has 0 fully saturated rings. The standard InChI is InChI=1S/C21H25ClO4/c1-4-24-20(14-21(23)25-5-2)16-9-11-19(12-10-16)26-15(3)17-7-6-8-18(22)13-17/h6-13,15,20H,4-5,14H2,1-3H3/t15-,20?/m1/s1. The largest absolute Gasteiger partial charge is 0.486 e. The van der Waals surface area contributed by atoms with Crippen molar-refractivity contribution in [2.75, 3.05) is 13.2 Å². The number of hydrogen-bond acceptors (Lipinski definition) is 4. The van der Waals surface area contributed by atoms with Gasteiger partial charge in [-0.05, 0) is 56.2 Å². The van der Waals surface area contributed by atoms with Gasteiger partial charge in [0.1, 0.15) is 11.9 Å². The number of carbonyl (C=O) groups excluding carboxylic acids is 1. The van der Waals surface area contributed by atoms with Crippen molar-refractivity contribution in [1.29, 1.82) is 0 Å². The van der Waals surface area contributed by atoms with Crippen LogP contribution in [0.5, 0.6) is 5.75 Å². The zero-order chi connectivity index (χ0) is 18.9. The first-order valence-electron chi connectivity index (χ1n) is 8.82. The number of esters is 1. The summed E-state index contributed by atoms with van der Waals surface area (Å²) in [7, 11) is 0. The van der Waals surface area contributed by atoms with Crippen LogP contribution in [-0.4, -0.2) is 19.2 Å². The van der Waals surface area contributed by atoms with Crippen molar-refractivity contribution in [2.45, 2.75) is 39.4 Å². The van der Waals surface area contributed by atoms with Crippen LogP contribution in [-0.2, 0) is 14.3 Å². The molecule has 0 aliphatic carbocycles. The van der Waals surface area contributed by atoms with E-state index in [4.69, 9.17) is 25.8 Å². The first-order chi connectivity index (χ1) is 12.5. The highest BCUT2D eigenvalue weighted by Crippen LogP contribution is 2.27. The third kappa shape index (κ3) is 6.04. The van der Waals surface area contributed by atoms with Crippen molar-refractivity contribution in [3.63, 3.8) is 0 Å². The smallest absolute Gasteiger partial charge is 0.308 e. The molecule has 140 valence electrons. The Bertz CT molecular complexity index is 699. The first kappa shape index (κ1) is 20.3. The fraction of sp³-hybridized carbons (Fsp3) is 0.381. The number of halogens is 1. The average molecular weight is 377 g/mol. The summed E-state index contributed by atoms with van der Waals surface area (Å²) in [6.07, 6.45) is -0.249. The number of rotatable bonds is 9. The second-order valence-electron chi connectivity index (χ2n) is 5.84. The maximum Gasteiger partial charge on any atom is 0.308 e. The van der Waals surface area contributed by atoms with Crippen molar-refractivity contribution in [3.8, 4) is 5.75 Å². The summed E-state index contributed by atoms with van der Waals surface area (Å²) in [4.78, 5) is 11.8. The van der Waals surface area contributed by atoms with E-state index in [0.717, 1.165) is 16.9 Å². The van der Waals surface area contributed by atoms with Gasteiger partial charge in [-0.25, -0.2) is 0 Å². The van der Waals surface area contributed by atoms with Crippen LogP contribution in [0, 0.1) is 0 Å². The van der Waals surface area contributed by atoms with Gasteiger partial charge >= 0.3 is 5.97 Å². The Labute approximate surface area is 160 Å². The van der Waals surface area contributed by atoms with Gasteiger partial charge in [0.25, 0.3) is 0 Å². The molecule has 0 amide bonds. The summed E-state index contributed by atoms with van der Waals surface area (Å²) in [6, 6.07) is 15.2. The van der Waals surface area contributed by atoms with Crippen LogP contribution in [0.3, 0.4) is 0 Å². The van der Waals surface area contributed by atoms with Crippen LogP contribution >= 0.6 is 11.6 Å². The summed E-state index contributed by atoms with van der Waals surface area (Å²) < 4.78 is 16.7. The molecule has 1 unspecified atom stereocenters. The van der Waals surface area contributed by atoms with Crippen LogP contribution in [0.15, 0.2) is 48.5 Å². The fourth-order valence-corrected chi connectivity index (χ4v) is 2.84. The van der Waals surface area contributed by atoms with E-state index in [2.05, 4.69) is 0 Å². The van der Waals surface area contributed by atoms with Gasteiger partial charge < -0.3 is 14.2 Å². The highest BCUT2D eigenvalue weighted by molar-refractivity contribution is 6.30. The molecular weight excluding hydrogens is 352 g/mol. The topological polar surface area (TPSA) is 44.8 Å². The minimum atomic E-state index is -0.321. The molecule has 0 radical (unpaired) electrons. The van der Waals surface area contributed by atoms with E-state index in [1.54, 1.807) is 6.92 Å². The highest BCUT2D eigenvalue weighted by atomic mass is 35.5. The zero-order valence-corrected chi connectivity index (χ0v) is 16.2. The van der Waals surface area contributed by atoms with E-state index in [9.17, 15) is 4.79 Å². The van der Waals surface area contributed by atoms with Crippen LogP contribution in [0.2, 0.25) is 5.02 Å². The predicted octanol–water partition coefficient (Wildman–Crippen LogP) is 5.51. The van der Waals surface area contributed by atoms with Crippen LogP contribution < -0.4 is 4.74 Å². The maximum absolute atomic E-state index is 11.8. The molecule has 0 spiro atoms. The van der Waals surface area contributed by atoms with Crippen molar-refractivity contribution in [3.05, 3.63) is 64.7 Å². The molecule has 4 nitrogen and oxygen atoms in total. The molecule has 2 aromatic rings. The second-order valence-corrected chi connectivity index (χ2v) is 6.27. The van der Waals surface area contributed by atoms with E-state index >= 15 is 0 Å². The Kier molecular flexibility index (Phi) is 7.95. The van der Waals surface area contributed by atoms with Gasteiger partial charge in [0.05, 0.1) is 19.1 Å². The fourth-order valence-electron chi connectivity index (χ4n) is 2.64. The van der Waals surface area contributed by atoms with Gasteiger partial charge in [-0.3, -0.25) is 4.79 Å². The van der Waals surface area contributed by atoms with E-state index in [-0.39, 0.29) is 24.6 Å². The Morgan fingerprint density at radius 1 is 1.04 bits per heavy atom. The number of hydrogen-bond donors (Lipinski definition) is 0. The molecule has 0 saturated carbocycles. The molecule has 0 bridgehead atoms. The van der Waals surface area contributed by atoms with Crippen LogP contribution in [0.4, 0.5) is 0 Å². The Balaban J connectivity index is 2.04. The Morgan fingerprint density at radius 3 is 2.38 bits per heavy atom. The van der Waals surface area contributed by atoms with E-state index in [1.165, 1.54) is 0 Å². The summed E-state index contributed by atoms with van der Waals surface area (Å²) in [5.41, 5.74) is 1.93. The SMILES string of the molecule is CCOC(=O)CC(OCC)c1ccc(O[C@H](C)c2cccc(Cl)c2)cc1. The second kappa shape index (κ2) is 10.2. The summed E-state index contributed by atoms with van der Waals surface area (Å²) in [5.74, 6) is 0.480. The number of carbonyl (C=O) groups is 1. The molecule has 2 aromatic carbocycles. The average Bonchev–Trinajstić information content (AvgIpc) is 2.62. The zero-order valence-electron chi connectivity index (χ0n) is 15.4. The third-order valence-corrected chi connectivity index (χ3v) is 4.14. The van der Waals surface area contributed by atoms with Gasteiger partial charge in [0.15, 0.2) is 0 Å². The number of benzene rings is 2. The predicted molar refractivity (Wildman–Crippen MR) is 103 cm³/mol. The summed E-state index contributed by atoms with van der Waals surface area (Å²) in [6.45, 7) is 6.56. The van der Waals surface area contributed by atoms with Crippen LogP contribution in [0.1, 0.15) is 50.5 Å². The molecule has 0 N–H and O–H groups in total.